The molecule has 150 valence electrons. The van der Waals surface area contributed by atoms with Crippen LogP contribution in [0.3, 0.4) is 0 Å². The zero-order chi connectivity index (χ0) is 20.3. The van der Waals surface area contributed by atoms with Crippen LogP contribution in [-0.4, -0.2) is 38.8 Å². The lowest BCUT2D eigenvalue weighted by Gasteiger charge is -2.34. The monoisotopic (exact) mass is 402 g/mol. The average molecular weight is 403 g/mol. The summed E-state index contributed by atoms with van der Waals surface area (Å²) in [6.45, 7) is 5.21. The van der Waals surface area contributed by atoms with E-state index in [0.717, 1.165) is 6.42 Å². The van der Waals surface area contributed by atoms with Crippen molar-refractivity contribution in [3.05, 3.63) is 54.1 Å². The lowest BCUT2D eigenvalue weighted by molar-refractivity contribution is 0.102. The first-order chi connectivity index (χ1) is 13.3. The molecular formula is C21H26N2O4S. The summed E-state index contributed by atoms with van der Waals surface area (Å²) in [6, 6.07) is 13.2. The third-order valence-electron chi connectivity index (χ3n) is 4.94. The van der Waals surface area contributed by atoms with Gasteiger partial charge in [0.05, 0.1) is 17.7 Å². The van der Waals surface area contributed by atoms with Gasteiger partial charge in [-0.05, 0) is 54.7 Å². The fourth-order valence-electron chi connectivity index (χ4n) is 3.67. The summed E-state index contributed by atoms with van der Waals surface area (Å²) in [7, 11) is -2.02. The number of ether oxygens (including phenoxy) is 1. The number of benzene rings is 2. The number of piperidine rings is 1. The summed E-state index contributed by atoms with van der Waals surface area (Å²) in [5.74, 6) is 0.908. The summed E-state index contributed by atoms with van der Waals surface area (Å²) < 4.78 is 32.7. The molecule has 0 aromatic heterocycles. The molecule has 2 aromatic rings. The minimum Gasteiger partial charge on any atom is -0.495 e. The van der Waals surface area contributed by atoms with Gasteiger partial charge in [0.15, 0.2) is 0 Å². The second-order valence-electron chi connectivity index (χ2n) is 7.45. The number of carbonyl (C=O) groups is 1. The van der Waals surface area contributed by atoms with Gasteiger partial charge >= 0.3 is 0 Å². The molecule has 1 heterocycles. The van der Waals surface area contributed by atoms with E-state index in [1.165, 1.54) is 31.4 Å². The Labute approximate surface area is 166 Å². The van der Waals surface area contributed by atoms with Crippen LogP contribution in [-0.2, 0) is 10.0 Å². The normalized spacial score (nSPS) is 20.5. The first kappa shape index (κ1) is 20.4. The van der Waals surface area contributed by atoms with Crippen LogP contribution in [0.1, 0.15) is 30.6 Å². The van der Waals surface area contributed by atoms with Crippen molar-refractivity contribution in [1.82, 2.24) is 4.31 Å². The summed E-state index contributed by atoms with van der Waals surface area (Å²) >= 11 is 0. The summed E-state index contributed by atoms with van der Waals surface area (Å²) in [5.41, 5.74) is 0.938. The molecule has 1 N–H and O–H groups in total. The zero-order valence-electron chi connectivity index (χ0n) is 16.4. The van der Waals surface area contributed by atoms with E-state index in [-0.39, 0.29) is 10.8 Å². The van der Waals surface area contributed by atoms with Crippen LogP contribution in [0.4, 0.5) is 5.69 Å². The molecule has 0 unspecified atom stereocenters. The number of rotatable bonds is 5. The lowest BCUT2D eigenvalue weighted by Crippen LogP contribution is -2.42. The maximum Gasteiger partial charge on any atom is 0.255 e. The Morgan fingerprint density at radius 1 is 1.04 bits per heavy atom. The van der Waals surface area contributed by atoms with Gasteiger partial charge in [-0.1, -0.05) is 26.0 Å². The van der Waals surface area contributed by atoms with E-state index in [0.29, 0.717) is 41.9 Å². The van der Waals surface area contributed by atoms with Gasteiger partial charge in [-0.3, -0.25) is 4.79 Å². The van der Waals surface area contributed by atoms with Crippen LogP contribution < -0.4 is 10.1 Å². The van der Waals surface area contributed by atoms with E-state index < -0.39 is 10.0 Å². The molecule has 0 aliphatic carbocycles. The predicted molar refractivity (Wildman–Crippen MR) is 109 cm³/mol. The quantitative estimate of drug-likeness (QED) is 0.829. The second kappa shape index (κ2) is 8.32. The minimum absolute atomic E-state index is 0.211. The fraction of sp³-hybridized carbons (Fsp3) is 0.381. The van der Waals surface area contributed by atoms with E-state index in [2.05, 4.69) is 19.2 Å². The molecule has 2 aromatic carbocycles. The molecule has 1 fully saturated rings. The molecule has 0 saturated carbocycles. The van der Waals surface area contributed by atoms with Crippen LogP contribution in [0.15, 0.2) is 53.4 Å². The van der Waals surface area contributed by atoms with Gasteiger partial charge in [0.2, 0.25) is 10.0 Å². The Hall–Kier alpha value is -2.38. The Kier molecular flexibility index (Phi) is 6.05. The van der Waals surface area contributed by atoms with Crippen molar-refractivity contribution in [2.45, 2.75) is 25.2 Å². The van der Waals surface area contributed by atoms with Gasteiger partial charge in [-0.2, -0.15) is 4.31 Å². The number of amides is 1. The highest BCUT2D eigenvalue weighted by Gasteiger charge is 2.31. The molecule has 0 spiro atoms. The molecule has 1 aliphatic rings. The number of sulfonamides is 1. The average Bonchev–Trinajstić information content (AvgIpc) is 2.67. The molecule has 3 rings (SSSR count). The van der Waals surface area contributed by atoms with Crippen LogP contribution in [0.25, 0.3) is 0 Å². The van der Waals surface area contributed by atoms with Crippen molar-refractivity contribution in [3.63, 3.8) is 0 Å². The van der Waals surface area contributed by atoms with E-state index in [9.17, 15) is 13.2 Å². The Morgan fingerprint density at radius 2 is 1.64 bits per heavy atom. The van der Waals surface area contributed by atoms with Crippen LogP contribution in [0, 0.1) is 11.8 Å². The number of nitrogens with zero attached hydrogens (tertiary/aromatic N) is 1. The number of methoxy groups -OCH3 is 1. The summed E-state index contributed by atoms with van der Waals surface area (Å²) in [5, 5.41) is 2.79. The first-order valence-corrected chi connectivity index (χ1v) is 10.8. The van der Waals surface area contributed by atoms with E-state index in [4.69, 9.17) is 4.74 Å². The molecule has 0 radical (unpaired) electrons. The van der Waals surface area contributed by atoms with Crippen LogP contribution in [0.2, 0.25) is 0 Å². The standard InChI is InChI=1S/C21H26N2O4S/c1-15-12-16(2)14-23(13-15)28(25,26)18-10-8-17(9-11-18)21(24)22-19-6-4-5-7-20(19)27-3/h4-11,15-16H,12-14H2,1-3H3,(H,22,24)/t15-,16-/m0/s1. The third-order valence-corrected chi connectivity index (χ3v) is 6.79. The molecule has 7 heteroatoms. The minimum atomic E-state index is -3.56. The maximum absolute atomic E-state index is 12.9. The molecule has 1 saturated heterocycles. The first-order valence-electron chi connectivity index (χ1n) is 9.36. The van der Waals surface area contributed by atoms with Crippen molar-refractivity contribution in [1.29, 1.82) is 0 Å². The van der Waals surface area contributed by atoms with E-state index >= 15 is 0 Å². The highest BCUT2D eigenvalue weighted by molar-refractivity contribution is 7.89. The summed E-state index contributed by atoms with van der Waals surface area (Å²) in [4.78, 5) is 12.7. The lowest BCUT2D eigenvalue weighted by atomic mass is 9.94. The van der Waals surface area contributed by atoms with Crippen molar-refractivity contribution >= 4 is 21.6 Å². The predicted octanol–water partition coefficient (Wildman–Crippen LogP) is 3.61. The van der Waals surface area contributed by atoms with Gasteiger partial charge in [0, 0.05) is 18.7 Å². The third kappa shape index (κ3) is 4.36. The highest BCUT2D eigenvalue weighted by Crippen LogP contribution is 2.27. The van der Waals surface area contributed by atoms with Crippen molar-refractivity contribution in [2.24, 2.45) is 11.8 Å². The topological polar surface area (TPSA) is 75.7 Å². The second-order valence-corrected chi connectivity index (χ2v) is 9.38. The number of carbonyl (C=O) groups excluding carboxylic acids is 1. The molecule has 6 nitrogen and oxygen atoms in total. The highest BCUT2D eigenvalue weighted by atomic mass is 32.2. The smallest absolute Gasteiger partial charge is 0.255 e. The Morgan fingerprint density at radius 3 is 2.25 bits per heavy atom. The van der Waals surface area contributed by atoms with E-state index in [1.807, 2.05) is 6.07 Å². The van der Waals surface area contributed by atoms with Gasteiger partial charge in [-0.25, -0.2) is 8.42 Å². The van der Waals surface area contributed by atoms with Crippen LogP contribution in [0.5, 0.6) is 5.75 Å². The van der Waals surface area contributed by atoms with Gasteiger partial charge in [0.25, 0.3) is 5.91 Å². The fourth-order valence-corrected chi connectivity index (χ4v) is 5.35. The number of anilines is 1. The van der Waals surface area contributed by atoms with Gasteiger partial charge in [-0.15, -0.1) is 0 Å². The number of hydrogen-bond donors (Lipinski definition) is 1. The molecule has 2 atom stereocenters. The summed E-state index contributed by atoms with van der Waals surface area (Å²) in [6.07, 6.45) is 1.04. The molecule has 1 amide bonds. The van der Waals surface area contributed by atoms with Gasteiger partial charge in [0.1, 0.15) is 5.75 Å². The van der Waals surface area contributed by atoms with E-state index in [1.54, 1.807) is 22.5 Å². The van der Waals surface area contributed by atoms with Crippen LogP contribution >= 0.6 is 0 Å². The SMILES string of the molecule is COc1ccccc1NC(=O)c1ccc(S(=O)(=O)N2C[C@@H](C)C[C@H](C)C2)cc1. The maximum atomic E-state index is 12.9. The zero-order valence-corrected chi connectivity index (χ0v) is 17.2. The molecule has 1 aliphatic heterocycles. The Bertz CT molecular complexity index is 931. The van der Waals surface area contributed by atoms with Crippen molar-refractivity contribution < 1.29 is 17.9 Å². The molecule has 28 heavy (non-hydrogen) atoms. The van der Waals surface area contributed by atoms with Crippen molar-refractivity contribution in [2.75, 3.05) is 25.5 Å². The number of nitrogens with one attached hydrogen (secondary N) is 1. The van der Waals surface area contributed by atoms with Crippen molar-refractivity contribution in [3.8, 4) is 5.75 Å². The number of para-hydroxylation sites is 2. The number of hydrogen-bond acceptors (Lipinski definition) is 4. The molecular weight excluding hydrogens is 376 g/mol. The van der Waals surface area contributed by atoms with Gasteiger partial charge < -0.3 is 10.1 Å². The molecule has 0 bridgehead atoms. The Balaban J connectivity index is 1.76. The largest absolute Gasteiger partial charge is 0.495 e.